The molecule has 1 saturated heterocycles. The molecule has 0 atom stereocenters. The van der Waals surface area contributed by atoms with Gasteiger partial charge >= 0.3 is 0 Å². The van der Waals surface area contributed by atoms with E-state index in [0.29, 0.717) is 36.4 Å². The van der Waals surface area contributed by atoms with Crippen LogP contribution in [0.5, 0.6) is 5.75 Å². The van der Waals surface area contributed by atoms with E-state index in [1.165, 1.54) is 30.5 Å². The van der Waals surface area contributed by atoms with Crippen molar-refractivity contribution in [2.45, 2.75) is 0 Å². The summed E-state index contributed by atoms with van der Waals surface area (Å²) in [6.45, 7) is 3.57. The molecule has 2 aromatic carbocycles. The number of rotatable bonds is 7. The van der Waals surface area contributed by atoms with Gasteiger partial charge < -0.3 is 15.2 Å². The number of halogens is 3. The van der Waals surface area contributed by atoms with Gasteiger partial charge in [-0.25, -0.2) is 13.8 Å². The quantitative estimate of drug-likeness (QED) is 0.416. The van der Waals surface area contributed by atoms with Gasteiger partial charge in [0.05, 0.1) is 18.8 Å². The van der Waals surface area contributed by atoms with Gasteiger partial charge in [-0.2, -0.15) is 9.07 Å². The van der Waals surface area contributed by atoms with E-state index >= 15 is 4.39 Å². The lowest BCUT2D eigenvalue weighted by Gasteiger charge is -2.26. The van der Waals surface area contributed by atoms with Crippen molar-refractivity contribution in [3.8, 4) is 34.0 Å². The number of hydrogen-bond acceptors (Lipinski definition) is 8. The highest BCUT2D eigenvalue weighted by Gasteiger charge is 2.22. The largest absolute Gasteiger partial charge is 0.489 e. The van der Waals surface area contributed by atoms with Gasteiger partial charge in [-0.3, -0.25) is 4.90 Å². The van der Waals surface area contributed by atoms with Crippen molar-refractivity contribution < 1.29 is 22.6 Å². The molecule has 5 rings (SSSR count). The molecule has 0 bridgehead atoms. The topological polar surface area (TPSA) is 104 Å². The predicted octanol–water partition coefficient (Wildman–Crippen LogP) is 3.10. The van der Waals surface area contributed by atoms with Gasteiger partial charge in [0, 0.05) is 31.4 Å². The van der Waals surface area contributed by atoms with Crippen LogP contribution < -0.4 is 10.5 Å². The summed E-state index contributed by atoms with van der Waals surface area (Å²) in [5, 5.41) is 11.4. The minimum absolute atomic E-state index is 0.0586. The molecule has 0 aliphatic carbocycles. The standard InChI is InChI=1S/C24H22F3N7O2/c25-17-3-1-15(2-4-17)16-13-18(23(28)29-14-16)24-30-31-32-34(24)19-5-6-20(22(27)21(19)26)36-12-9-33-7-10-35-11-8-33/h1-6,13-14H,7-12H2,(H2,28,29). The molecular formula is C24H22F3N7O2. The number of nitrogens with zero attached hydrogens (tertiary/aromatic N) is 6. The molecule has 0 spiro atoms. The van der Waals surface area contributed by atoms with Crippen molar-refractivity contribution >= 4 is 5.82 Å². The number of morpholine rings is 1. The number of pyridine rings is 1. The summed E-state index contributed by atoms with van der Waals surface area (Å²) >= 11 is 0. The lowest BCUT2D eigenvalue weighted by Crippen LogP contribution is -2.38. The van der Waals surface area contributed by atoms with Crippen molar-refractivity contribution in [2.75, 3.05) is 45.2 Å². The number of benzene rings is 2. The zero-order valence-corrected chi connectivity index (χ0v) is 19.1. The SMILES string of the molecule is Nc1ncc(-c2ccc(F)cc2)cc1-c1nnnn1-c1ccc(OCCN2CCOCC2)c(F)c1F. The first kappa shape index (κ1) is 23.7. The minimum atomic E-state index is -1.17. The van der Waals surface area contributed by atoms with Crippen LogP contribution in [-0.4, -0.2) is 69.5 Å². The van der Waals surface area contributed by atoms with Crippen molar-refractivity contribution in [3.05, 3.63) is 66.1 Å². The zero-order valence-electron chi connectivity index (χ0n) is 19.1. The maximum Gasteiger partial charge on any atom is 0.202 e. The normalized spacial score (nSPS) is 14.2. The molecule has 0 radical (unpaired) electrons. The van der Waals surface area contributed by atoms with Gasteiger partial charge in [-0.05, 0) is 46.3 Å². The number of ether oxygens (including phenoxy) is 2. The molecule has 0 saturated carbocycles. The smallest absolute Gasteiger partial charge is 0.202 e. The third-order valence-corrected chi connectivity index (χ3v) is 5.83. The number of tetrazole rings is 1. The molecule has 36 heavy (non-hydrogen) atoms. The maximum atomic E-state index is 15.1. The first-order chi connectivity index (χ1) is 17.5. The van der Waals surface area contributed by atoms with E-state index in [1.807, 2.05) is 0 Å². The Morgan fingerprint density at radius 1 is 0.972 bits per heavy atom. The molecule has 2 aromatic heterocycles. The Morgan fingerprint density at radius 3 is 2.53 bits per heavy atom. The van der Waals surface area contributed by atoms with Crippen molar-refractivity contribution in [3.63, 3.8) is 0 Å². The maximum absolute atomic E-state index is 15.1. The van der Waals surface area contributed by atoms with Crippen LogP contribution in [0.25, 0.3) is 28.2 Å². The number of anilines is 1. The van der Waals surface area contributed by atoms with E-state index in [2.05, 4.69) is 25.4 Å². The van der Waals surface area contributed by atoms with Gasteiger partial charge in [0.25, 0.3) is 0 Å². The summed E-state index contributed by atoms with van der Waals surface area (Å²) in [5.74, 6) is -2.77. The molecule has 0 unspecified atom stereocenters. The highest BCUT2D eigenvalue weighted by atomic mass is 19.2. The Balaban J connectivity index is 1.41. The van der Waals surface area contributed by atoms with Gasteiger partial charge in [-0.15, -0.1) is 5.10 Å². The highest BCUT2D eigenvalue weighted by Crippen LogP contribution is 2.31. The number of hydrogen-bond donors (Lipinski definition) is 1. The van der Waals surface area contributed by atoms with Crippen LogP contribution in [0.4, 0.5) is 19.0 Å². The fraction of sp³-hybridized carbons (Fsp3) is 0.250. The summed E-state index contributed by atoms with van der Waals surface area (Å²) < 4.78 is 55.1. The van der Waals surface area contributed by atoms with E-state index in [9.17, 15) is 8.78 Å². The number of nitrogens with two attached hydrogens (primary N) is 1. The Hall–Kier alpha value is -4.03. The molecule has 4 aromatic rings. The predicted molar refractivity (Wildman–Crippen MR) is 125 cm³/mol. The molecule has 9 nitrogen and oxygen atoms in total. The molecule has 1 aliphatic rings. The Morgan fingerprint density at radius 2 is 1.75 bits per heavy atom. The average molecular weight is 497 g/mol. The second-order valence-corrected chi connectivity index (χ2v) is 8.09. The first-order valence-corrected chi connectivity index (χ1v) is 11.2. The van der Waals surface area contributed by atoms with E-state index in [0.717, 1.165) is 17.8 Å². The van der Waals surface area contributed by atoms with Crippen LogP contribution in [0.15, 0.2) is 48.7 Å². The lowest BCUT2D eigenvalue weighted by atomic mass is 10.1. The van der Waals surface area contributed by atoms with Crippen molar-refractivity contribution in [1.29, 1.82) is 0 Å². The zero-order chi connectivity index (χ0) is 25.1. The summed E-state index contributed by atoms with van der Waals surface area (Å²) in [7, 11) is 0. The molecule has 1 fully saturated rings. The highest BCUT2D eigenvalue weighted by molar-refractivity contribution is 5.76. The van der Waals surface area contributed by atoms with E-state index in [-0.39, 0.29) is 35.5 Å². The molecule has 186 valence electrons. The van der Waals surface area contributed by atoms with Crippen LogP contribution in [0, 0.1) is 17.5 Å². The Labute approximate surface area is 204 Å². The van der Waals surface area contributed by atoms with E-state index < -0.39 is 11.6 Å². The molecule has 1 aliphatic heterocycles. The first-order valence-electron chi connectivity index (χ1n) is 11.2. The molecular weight excluding hydrogens is 475 g/mol. The van der Waals surface area contributed by atoms with Gasteiger partial charge in [0.15, 0.2) is 17.4 Å². The molecule has 3 heterocycles. The van der Waals surface area contributed by atoms with Crippen LogP contribution in [-0.2, 0) is 4.74 Å². The van der Waals surface area contributed by atoms with Crippen LogP contribution >= 0.6 is 0 Å². The van der Waals surface area contributed by atoms with Crippen molar-refractivity contribution in [1.82, 2.24) is 30.1 Å². The third kappa shape index (κ3) is 4.86. The monoisotopic (exact) mass is 497 g/mol. The lowest BCUT2D eigenvalue weighted by molar-refractivity contribution is 0.0320. The molecule has 2 N–H and O–H groups in total. The fourth-order valence-electron chi connectivity index (χ4n) is 3.88. The van der Waals surface area contributed by atoms with Gasteiger partial charge in [-0.1, -0.05) is 12.1 Å². The number of aromatic nitrogens is 5. The van der Waals surface area contributed by atoms with Gasteiger partial charge in [0.2, 0.25) is 5.82 Å². The van der Waals surface area contributed by atoms with Crippen LogP contribution in [0.1, 0.15) is 0 Å². The third-order valence-electron chi connectivity index (χ3n) is 5.83. The summed E-state index contributed by atoms with van der Waals surface area (Å²) in [5.41, 5.74) is 7.43. The van der Waals surface area contributed by atoms with E-state index in [4.69, 9.17) is 15.2 Å². The summed E-state index contributed by atoms with van der Waals surface area (Å²) in [6, 6.07) is 10.1. The fourth-order valence-corrected chi connectivity index (χ4v) is 3.88. The van der Waals surface area contributed by atoms with Gasteiger partial charge in [0.1, 0.15) is 23.9 Å². The Kier molecular flexibility index (Phi) is 6.78. The summed E-state index contributed by atoms with van der Waals surface area (Å²) in [4.78, 5) is 6.29. The average Bonchev–Trinajstić information content (AvgIpc) is 3.37. The molecule has 12 heteroatoms. The van der Waals surface area contributed by atoms with Crippen LogP contribution in [0.3, 0.4) is 0 Å². The second-order valence-electron chi connectivity index (χ2n) is 8.09. The summed E-state index contributed by atoms with van der Waals surface area (Å²) in [6.07, 6.45) is 1.52. The minimum Gasteiger partial charge on any atom is -0.489 e. The van der Waals surface area contributed by atoms with Crippen LogP contribution in [0.2, 0.25) is 0 Å². The van der Waals surface area contributed by atoms with E-state index in [1.54, 1.807) is 18.2 Å². The number of nitrogen functional groups attached to an aromatic ring is 1. The Bertz CT molecular complexity index is 1360. The molecule has 0 amide bonds. The van der Waals surface area contributed by atoms with Crippen molar-refractivity contribution in [2.24, 2.45) is 0 Å². The second kappa shape index (κ2) is 10.3.